The Labute approximate surface area is 147 Å². The Bertz CT molecular complexity index is 709. The van der Waals surface area contributed by atoms with Crippen LogP contribution in [0.25, 0.3) is 11.4 Å². The van der Waals surface area contributed by atoms with Gasteiger partial charge in [0, 0.05) is 24.8 Å². The Balaban J connectivity index is 1.52. The second kappa shape index (κ2) is 8.11. The number of anilines is 1. The first-order valence-corrected chi connectivity index (χ1v) is 8.81. The quantitative estimate of drug-likeness (QED) is 0.778. The molecule has 0 bridgehead atoms. The lowest BCUT2D eigenvalue weighted by Gasteiger charge is -2.26. The van der Waals surface area contributed by atoms with Crippen LogP contribution < -0.4 is 10.6 Å². The number of aromatic nitrogens is 3. The number of carbonyl (C=O) groups is 1. The number of hydrogen-bond donors (Lipinski definition) is 3. The van der Waals surface area contributed by atoms with Crippen molar-refractivity contribution in [3.63, 3.8) is 0 Å². The lowest BCUT2D eigenvalue weighted by atomic mass is 9.85. The molecule has 0 saturated heterocycles. The summed E-state index contributed by atoms with van der Waals surface area (Å²) in [4.78, 5) is 16.3. The average molecular weight is 343 g/mol. The lowest BCUT2D eigenvalue weighted by molar-refractivity contribution is 0.0863. The first kappa shape index (κ1) is 17.4. The van der Waals surface area contributed by atoms with Crippen LogP contribution in [0.5, 0.6) is 0 Å². The summed E-state index contributed by atoms with van der Waals surface area (Å²) in [5.41, 5.74) is 1.50. The van der Waals surface area contributed by atoms with E-state index in [2.05, 4.69) is 20.7 Å². The topological polar surface area (TPSA) is 92.1 Å². The van der Waals surface area contributed by atoms with Gasteiger partial charge in [0.25, 0.3) is 0 Å². The maximum absolute atomic E-state index is 12.1. The van der Waals surface area contributed by atoms with Gasteiger partial charge in [0.05, 0.1) is 6.10 Å². The van der Waals surface area contributed by atoms with E-state index in [1.807, 2.05) is 31.3 Å². The molecule has 1 aromatic heterocycles. The highest BCUT2D eigenvalue weighted by Crippen LogP contribution is 2.26. The second-order valence-corrected chi connectivity index (χ2v) is 6.62. The van der Waals surface area contributed by atoms with Gasteiger partial charge in [-0.1, -0.05) is 31.4 Å². The van der Waals surface area contributed by atoms with Crippen LogP contribution in [0.4, 0.5) is 10.5 Å². The van der Waals surface area contributed by atoms with Crippen molar-refractivity contribution in [3.05, 3.63) is 30.6 Å². The van der Waals surface area contributed by atoms with E-state index in [0.717, 1.165) is 18.4 Å². The van der Waals surface area contributed by atoms with Crippen LogP contribution in [-0.2, 0) is 7.05 Å². The van der Waals surface area contributed by atoms with Crippen LogP contribution in [0.3, 0.4) is 0 Å². The Kier molecular flexibility index (Phi) is 5.65. The zero-order valence-corrected chi connectivity index (χ0v) is 14.5. The molecule has 7 nitrogen and oxygen atoms in total. The predicted molar refractivity (Wildman–Crippen MR) is 96.0 cm³/mol. The van der Waals surface area contributed by atoms with Crippen molar-refractivity contribution in [3.8, 4) is 11.4 Å². The standard InChI is InChI=1S/C18H25N5O2/c1-23-12-20-17(22-23)14-8-5-9-15(10-14)21-18(25)19-11-16(24)13-6-3-2-4-7-13/h5,8-10,12-13,16,24H,2-4,6-7,11H2,1H3,(H2,19,21,25)/t16-/m0/s1. The summed E-state index contributed by atoms with van der Waals surface area (Å²) >= 11 is 0. The van der Waals surface area contributed by atoms with Gasteiger partial charge in [-0.15, -0.1) is 0 Å². The first-order valence-electron chi connectivity index (χ1n) is 8.81. The molecule has 1 aliphatic carbocycles. The molecule has 2 aromatic rings. The molecule has 1 fully saturated rings. The van der Waals surface area contributed by atoms with Crippen LogP contribution in [0, 0.1) is 5.92 Å². The molecule has 134 valence electrons. The van der Waals surface area contributed by atoms with Gasteiger partial charge in [-0.25, -0.2) is 9.78 Å². The molecule has 0 unspecified atom stereocenters. The maximum Gasteiger partial charge on any atom is 0.319 e. The summed E-state index contributed by atoms with van der Waals surface area (Å²) in [5, 5.41) is 20.0. The zero-order chi connectivity index (χ0) is 17.6. The number of hydrogen-bond acceptors (Lipinski definition) is 4. The van der Waals surface area contributed by atoms with Crippen molar-refractivity contribution < 1.29 is 9.90 Å². The maximum atomic E-state index is 12.1. The number of carbonyl (C=O) groups excluding carboxylic acids is 1. The highest BCUT2D eigenvalue weighted by molar-refractivity contribution is 5.89. The molecular weight excluding hydrogens is 318 g/mol. The molecule has 1 saturated carbocycles. The summed E-state index contributed by atoms with van der Waals surface area (Å²) in [6.07, 6.45) is 6.83. The molecule has 0 spiro atoms. The summed E-state index contributed by atoms with van der Waals surface area (Å²) in [5.74, 6) is 0.909. The Morgan fingerprint density at radius 3 is 2.88 bits per heavy atom. The van der Waals surface area contributed by atoms with Gasteiger partial charge in [-0.05, 0) is 30.9 Å². The summed E-state index contributed by atoms with van der Waals surface area (Å²) in [7, 11) is 1.81. The molecule has 1 heterocycles. The fourth-order valence-electron chi connectivity index (χ4n) is 3.27. The van der Waals surface area contributed by atoms with E-state index in [9.17, 15) is 9.90 Å². The molecule has 1 aromatic carbocycles. The highest BCUT2D eigenvalue weighted by atomic mass is 16.3. The number of nitrogens with one attached hydrogen (secondary N) is 2. The van der Waals surface area contributed by atoms with E-state index in [1.165, 1.54) is 19.3 Å². The fourth-order valence-corrected chi connectivity index (χ4v) is 3.27. The van der Waals surface area contributed by atoms with Crippen molar-refractivity contribution in [2.75, 3.05) is 11.9 Å². The molecule has 7 heteroatoms. The number of aliphatic hydroxyl groups excluding tert-OH is 1. The first-order chi connectivity index (χ1) is 12.1. The number of amides is 2. The monoisotopic (exact) mass is 343 g/mol. The van der Waals surface area contributed by atoms with Gasteiger partial charge in [0.15, 0.2) is 5.82 Å². The van der Waals surface area contributed by atoms with Crippen LogP contribution in [0.15, 0.2) is 30.6 Å². The molecule has 25 heavy (non-hydrogen) atoms. The van der Waals surface area contributed by atoms with E-state index >= 15 is 0 Å². The summed E-state index contributed by atoms with van der Waals surface area (Å²) in [6, 6.07) is 7.06. The number of benzene rings is 1. The summed E-state index contributed by atoms with van der Waals surface area (Å²) in [6.45, 7) is 0.276. The molecular formula is C18H25N5O2. The zero-order valence-electron chi connectivity index (χ0n) is 14.5. The van der Waals surface area contributed by atoms with E-state index in [0.29, 0.717) is 17.4 Å². The van der Waals surface area contributed by atoms with Gasteiger partial charge in [-0.2, -0.15) is 5.10 Å². The van der Waals surface area contributed by atoms with E-state index in [1.54, 1.807) is 11.0 Å². The lowest BCUT2D eigenvalue weighted by Crippen LogP contribution is -2.39. The number of rotatable bonds is 5. The fraction of sp³-hybridized carbons (Fsp3) is 0.500. The SMILES string of the molecule is Cn1cnc(-c2cccc(NC(=O)NC[C@H](O)C3CCCCC3)c2)n1. The summed E-state index contributed by atoms with van der Waals surface area (Å²) < 4.78 is 1.63. The van der Waals surface area contributed by atoms with E-state index < -0.39 is 6.10 Å². The largest absolute Gasteiger partial charge is 0.391 e. The van der Waals surface area contributed by atoms with Crippen molar-refractivity contribution in [1.29, 1.82) is 0 Å². The third-order valence-electron chi connectivity index (χ3n) is 4.64. The van der Waals surface area contributed by atoms with Gasteiger partial charge < -0.3 is 15.7 Å². The van der Waals surface area contributed by atoms with Crippen molar-refractivity contribution in [2.24, 2.45) is 13.0 Å². The van der Waals surface area contributed by atoms with Gasteiger partial charge in [0.1, 0.15) is 6.33 Å². The molecule has 0 aliphatic heterocycles. The van der Waals surface area contributed by atoms with Gasteiger partial charge >= 0.3 is 6.03 Å². The van der Waals surface area contributed by atoms with E-state index in [4.69, 9.17) is 0 Å². The number of nitrogens with zero attached hydrogens (tertiary/aromatic N) is 3. The molecule has 2 amide bonds. The van der Waals surface area contributed by atoms with Crippen molar-refractivity contribution in [1.82, 2.24) is 20.1 Å². The minimum Gasteiger partial charge on any atom is -0.391 e. The predicted octanol–water partition coefficient (Wildman–Crippen LogP) is 2.54. The smallest absolute Gasteiger partial charge is 0.319 e. The molecule has 3 N–H and O–H groups in total. The van der Waals surface area contributed by atoms with Crippen molar-refractivity contribution >= 4 is 11.7 Å². The van der Waals surface area contributed by atoms with E-state index in [-0.39, 0.29) is 12.6 Å². The van der Waals surface area contributed by atoms with Crippen LogP contribution in [0.2, 0.25) is 0 Å². The molecule has 0 radical (unpaired) electrons. The Morgan fingerprint density at radius 1 is 1.36 bits per heavy atom. The number of urea groups is 1. The van der Waals surface area contributed by atoms with Crippen LogP contribution in [-0.4, -0.2) is 38.6 Å². The minimum atomic E-state index is -0.477. The number of aliphatic hydroxyl groups is 1. The molecule has 3 rings (SSSR count). The van der Waals surface area contributed by atoms with Crippen molar-refractivity contribution in [2.45, 2.75) is 38.2 Å². The average Bonchev–Trinajstić information content (AvgIpc) is 3.07. The minimum absolute atomic E-state index is 0.276. The normalized spacial score (nSPS) is 16.4. The third-order valence-corrected chi connectivity index (χ3v) is 4.64. The third kappa shape index (κ3) is 4.79. The molecule has 1 atom stereocenters. The molecule has 1 aliphatic rings. The Morgan fingerprint density at radius 2 is 2.16 bits per heavy atom. The van der Waals surface area contributed by atoms with Gasteiger partial charge in [-0.3, -0.25) is 4.68 Å². The van der Waals surface area contributed by atoms with Crippen LogP contribution in [0.1, 0.15) is 32.1 Å². The Hall–Kier alpha value is -2.41. The number of aryl methyl sites for hydroxylation is 1. The highest BCUT2D eigenvalue weighted by Gasteiger charge is 2.21. The van der Waals surface area contributed by atoms with Crippen LogP contribution >= 0.6 is 0 Å². The second-order valence-electron chi connectivity index (χ2n) is 6.62. The van der Waals surface area contributed by atoms with Gasteiger partial charge in [0.2, 0.25) is 0 Å².